The van der Waals surface area contributed by atoms with E-state index in [2.05, 4.69) is 0 Å². The van der Waals surface area contributed by atoms with Crippen LogP contribution in [0.1, 0.15) is 16.8 Å². The molecule has 5 nitrogen and oxygen atoms in total. The molecule has 0 radical (unpaired) electrons. The third-order valence-corrected chi connectivity index (χ3v) is 2.01. The number of nitrogens with two attached hydrogens (primary N) is 1. The summed E-state index contributed by atoms with van der Waals surface area (Å²) in [4.78, 5) is 10.6. The SMILES string of the molecule is COc1cc(C=O)cc(N)c1OCCCO. The quantitative estimate of drug-likeness (QED) is 0.426. The van der Waals surface area contributed by atoms with E-state index in [0.717, 1.165) is 0 Å². The Morgan fingerprint density at radius 2 is 2.25 bits per heavy atom. The molecule has 0 aliphatic rings. The van der Waals surface area contributed by atoms with Crippen LogP contribution in [0.25, 0.3) is 0 Å². The van der Waals surface area contributed by atoms with Crippen molar-refractivity contribution in [3.63, 3.8) is 0 Å². The predicted molar refractivity (Wildman–Crippen MR) is 60.0 cm³/mol. The highest BCUT2D eigenvalue weighted by Crippen LogP contribution is 2.34. The van der Waals surface area contributed by atoms with Gasteiger partial charge >= 0.3 is 0 Å². The van der Waals surface area contributed by atoms with Crippen LogP contribution in [-0.4, -0.2) is 31.7 Å². The Morgan fingerprint density at radius 1 is 1.50 bits per heavy atom. The second kappa shape index (κ2) is 5.97. The second-order valence-electron chi connectivity index (χ2n) is 3.18. The zero-order chi connectivity index (χ0) is 12.0. The van der Waals surface area contributed by atoms with Crippen molar-refractivity contribution < 1.29 is 19.4 Å². The molecule has 0 spiro atoms. The smallest absolute Gasteiger partial charge is 0.184 e. The fraction of sp³-hybridized carbons (Fsp3) is 0.364. The normalized spacial score (nSPS) is 9.88. The number of carbonyl (C=O) groups excluding carboxylic acids is 1. The molecule has 88 valence electrons. The Balaban J connectivity index is 2.92. The van der Waals surface area contributed by atoms with Gasteiger partial charge in [-0.3, -0.25) is 4.79 Å². The van der Waals surface area contributed by atoms with Gasteiger partial charge in [-0.05, 0) is 12.1 Å². The number of aldehydes is 1. The Bertz CT molecular complexity index is 365. The number of benzene rings is 1. The summed E-state index contributed by atoms with van der Waals surface area (Å²) < 4.78 is 10.4. The van der Waals surface area contributed by atoms with E-state index in [1.54, 1.807) is 6.07 Å². The number of aliphatic hydroxyl groups is 1. The number of anilines is 1. The molecule has 0 amide bonds. The monoisotopic (exact) mass is 225 g/mol. The molecule has 1 aromatic carbocycles. The van der Waals surface area contributed by atoms with E-state index in [9.17, 15) is 4.79 Å². The van der Waals surface area contributed by atoms with Crippen LogP contribution < -0.4 is 15.2 Å². The summed E-state index contributed by atoms with van der Waals surface area (Å²) in [5, 5.41) is 8.63. The summed E-state index contributed by atoms with van der Waals surface area (Å²) in [6.45, 7) is 0.395. The van der Waals surface area contributed by atoms with Gasteiger partial charge in [-0.15, -0.1) is 0 Å². The Labute approximate surface area is 93.8 Å². The Hall–Kier alpha value is -1.75. The number of ether oxygens (including phenoxy) is 2. The van der Waals surface area contributed by atoms with E-state index in [1.807, 2.05) is 0 Å². The molecule has 1 aromatic rings. The van der Waals surface area contributed by atoms with Crippen LogP contribution in [0.4, 0.5) is 5.69 Å². The molecular formula is C11H15NO4. The molecular weight excluding hydrogens is 210 g/mol. The second-order valence-corrected chi connectivity index (χ2v) is 3.18. The highest BCUT2D eigenvalue weighted by molar-refractivity contribution is 5.80. The van der Waals surface area contributed by atoms with Gasteiger partial charge in [0.25, 0.3) is 0 Å². The van der Waals surface area contributed by atoms with Crippen LogP contribution in [0.15, 0.2) is 12.1 Å². The lowest BCUT2D eigenvalue weighted by molar-refractivity contribution is 0.112. The summed E-state index contributed by atoms with van der Waals surface area (Å²) in [7, 11) is 1.47. The molecule has 0 atom stereocenters. The van der Waals surface area contributed by atoms with Crippen molar-refractivity contribution >= 4 is 12.0 Å². The van der Waals surface area contributed by atoms with Gasteiger partial charge in [0.15, 0.2) is 11.5 Å². The number of aliphatic hydroxyl groups excluding tert-OH is 1. The van der Waals surface area contributed by atoms with Crippen molar-refractivity contribution in [3.05, 3.63) is 17.7 Å². The molecule has 0 fully saturated rings. The molecule has 1 rings (SSSR count). The first-order chi connectivity index (χ1) is 7.72. The predicted octanol–water partition coefficient (Wildman–Crippen LogP) is 0.851. The molecule has 0 saturated heterocycles. The fourth-order valence-corrected chi connectivity index (χ4v) is 1.26. The standard InChI is InChI=1S/C11H15NO4/c1-15-10-6-8(7-14)5-9(12)11(10)16-4-2-3-13/h5-7,13H,2-4,12H2,1H3. The van der Waals surface area contributed by atoms with Crippen LogP contribution in [0.3, 0.4) is 0 Å². The van der Waals surface area contributed by atoms with E-state index in [-0.39, 0.29) is 6.61 Å². The summed E-state index contributed by atoms with van der Waals surface area (Å²) in [6.07, 6.45) is 1.20. The number of hydrogen-bond donors (Lipinski definition) is 2. The van der Waals surface area contributed by atoms with Crippen molar-refractivity contribution in [2.45, 2.75) is 6.42 Å². The molecule has 0 heterocycles. The van der Waals surface area contributed by atoms with Crippen LogP contribution >= 0.6 is 0 Å². The van der Waals surface area contributed by atoms with Crippen LogP contribution in [-0.2, 0) is 0 Å². The van der Waals surface area contributed by atoms with E-state index in [4.69, 9.17) is 20.3 Å². The molecule has 0 bridgehead atoms. The van der Waals surface area contributed by atoms with Gasteiger partial charge in [0.05, 0.1) is 19.4 Å². The minimum Gasteiger partial charge on any atom is -0.493 e. The number of hydrogen-bond acceptors (Lipinski definition) is 5. The Morgan fingerprint density at radius 3 is 2.81 bits per heavy atom. The minimum absolute atomic E-state index is 0.0502. The number of nitrogen functional groups attached to an aromatic ring is 1. The Kier molecular flexibility index (Phi) is 4.60. The molecule has 5 heteroatoms. The number of rotatable bonds is 6. The van der Waals surface area contributed by atoms with E-state index in [0.29, 0.717) is 42.1 Å². The summed E-state index contributed by atoms with van der Waals surface area (Å²) in [5.74, 6) is 0.821. The van der Waals surface area contributed by atoms with Crippen LogP contribution in [0.2, 0.25) is 0 Å². The highest BCUT2D eigenvalue weighted by atomic mass is 16.5. The highest BCUT2D eigenvalue weighted by Gasteiger charge is 2.10. The summed E-state index contributed by atoms with van der Waals surface area (Å²) >= 11 is 0. The van der Waals surface area contributed by atoms with E-state index in [1.165, 1.54) is 13.2 Å². The van der Waals surface area contributed by atoms with E-state index < -0.39 is 0 Å². The van der Waals surface area contributed by atoms with Crippen molar-refractivity contribution in [2.75, 3.05) is 26.1 Å². The average Bonchev–Trinajstić information content (AvgIpc) is 2.30. The molecule has 0 aromatic heterocycles. The van der Waals surface area contributed by atoms with Gasteiger partial charge in [0.2, 0.25) is 0 Å². The first-order valence-corrected chi connectivity index (χ1v) is 4.89. The van der Waals surface area contributed by atoms with Gasteiger partial charge in [-0.1, -0.05) is 0 Å². The van der Waals surface area contributed by atoms with Crippen LogP contribution in [0.5, 0.6) is 11.5 Å². The third-order valence-electron chi connectivity index (χ3n) is 2.01. The molecule has 16 heavy (non-hydrogen) atoms. The number of carbonyl (C=O) groups is 1. The topological polar surface area (TPSA) is 81.8 Å². The van der Waals surface area contributed by atoms with Gasteiger partial charge in [-0.2, -0.15) is 0 Å². The van der Waals surface area contributed by atoms with Crippen molar-refractivity contribution in [2.24, 2.45) is 0 Å². The van der Waals surface area contributed by atoms with Crippen molar-refractivity contribution in [3.8, 4) is 11.5 Å². The molecule has 3 N–H and O–H groups in total. The van der Waals surface area contributed by atoms with Crippen molar-refractivity contribution in [1.82, 2.24) is 0 Å². The summed E-state index contributed by atoms with van der Waals surface area (Å²) in [5.41, 5.74) is 6.51. The average molecular weight is 225 g/mol. The van der Waals surface area contributed by atoms with Gasteiger partial charge in [-0.25, -0.2) is 0 Å². The number of methoxy groups -OCH3 is 1. The lowest BCUT2D eigenvalue weighted by atomic mass is 10.2. The van der Waals surface area contributed by atoms with Crippen LogP contribution in [0, 0.1) is 0 Å². The lowest BCUT2D eigenvalue weighted by Gasteiger charge is -2.13. The molecule has 0 unspecified atom stereocenters. The van der Waals surface area contributed by atoms with Gasteiger partial charge < -0.3 is 20.3 Å². The lowest BCUT2D eigenvalue weighted by Crippen LogP contribution is -2.04. The zero-order valence-corrected chi connectivity index (χ0v) is 9.10. The van der Waals surface area contributed by atoms with E-state index >= 15 is 0 Å². The van der Waals surface area contributed by atoms with Gasteiger partial charge in [0, 0.05) is 18.6 Å². The molecule has 0 aliphatic heterocycles. The van der Waals surface area contributed by atoms with Gasteiger partial charge in [0.1, 0.15) is 6.29 Å². The zero-order valence-electron chi connectivity index (χ0n) is 9.10. The summed E-state index contributed by atoms with van der Waals surface area (Å²) in [6, 6.07) is 3.07. The molecule has 0 aliphatic carbocycles. The first-order valence-electron chi connectivity index (χ1n) is 4.89. The maximum atomic E-state index is 10.6. The molecule has 0 saturated carbocycles. The fourth-order valence-electron chi connectivity index (χ4n) is 1.26. The maximum absolute atomic E-state index is 10.6. The van der Waals surface area contributed by atoms with Crippen molar-refractivity contribution in [1.29, 1.82) is 0 Å². The first kappa shape index (κ1) is 12.3. The maximum Gasteiger partial charge on any atom is 0.184 e. The third kappa shape index (κ3) is 2.87. The minimum atomic E-state index is 0.0502. The largest absolute Gasteiger partial charge is 0.493 e.